The molecule has 134 valence electrons. The Morgan fingerprint density at radius 1 is 1.35 bits per heavy atom. The average Bonchev–Trinajstić information content (AvgIpc) is 2.75. The minimum Gasteiger partial charge on any atom is -0.481 e. The van der Waals surface area contributed by atoms with Crippen molar-refractivity contribution in [2.45, 2.75) is 65.0 Å². The number of aliphatic carboxylic acids is 1. The van der Waals surface area contributed by atoms with Crippen LogP contribution in [0.2, 0.25) is 0 Å². The maximum absolute atomic E-state index is 12.6. The Bertz CT molecular complexity index is 429. The first-order valence-corrected chi connectivity index (χ1v) is 8.23. The topological polar surface area (TPSA) is 76.1 Å². The van der Waals surface area contributed by atoms with Gasteiger partial charge in [-0.25, -0.2) is 4.79 Å². The molecule has 1 unspecified atom stereocenters. The number of hydrogen-bond donors (Lipinski definition) is 1. The second kappa shape index (κ2) is 7.51. The second-order valence-electron chi connectivity index (χ2n) is 7.92. The van der Waals surface area contributed by atoms with E-state index in [9.17, 15) is 14.7 Å². The van der Waals surface area contributed by atoms with Crippen molar-refractivity contribution in [2.24, 2.45) is 11.8 Å². The van der Waals surface area contributed by atoms with Gasteiger partial charge >= 0.3 is 12.1 Å². The molecule has 0 aliphatic carbocycles. The van der Waals surface area contributed by atoms with Crippen LogP contribution in [0.15, 0.2) is 0 Å². The van der Waals surface area contributed by atoms with Gasteiger partial charge in [-0.15, -0.1) is 0 Å². The van der Waals surface area contributed by atoms with Crippen molar-refractivity contribution in [2.75, 3.05) is 20.3 Å². The molecule has 1 rings (SSSR count). The summed E-state index contributed by atoms with van der Waals surface area (Å²) < 4.78 is 10.9. The number of hydrogen-bond acceptors (Lipinski definition) is 4. The summed E-state index contributed by atoms with van der Waals surface area (Å²) >= 11 is 0. The lowest BCUT2D eigenvalue weighted by Crippen LogP contribution is -2.52. The number of rotatable bonds is 6. The van der Waals surface area contributed by atoms with E-state index in [0.29, 0.717) is 25.4 Å². The molecule has 1 heterocycles. The Hall–Kier alpha value is -1.30. The highest BCUT2D eigenvalue weighted by molar-refractivity contribution is 5.75. The first-order chi connectivity index (χ1) is 10.5. The zero-order valence-electron chi connectivity index (χ0n) is 15.2. The van der Waals surface area contributed by atoms with Crippen LogP contribution in [0.5, 0.6) is 0 Å². The molecule has 1 aliphatic rings. The summed E-state index contributed by atoms with van der Waals surface area (Å²) in [5, 5.41) is 9.40. The summed E-state index contributed by atoms with van der Waals surface area (Å²) in [7, 11) is 1.58. The highest BCUT2D eigenvalue weighted by Gasteiger charge is 2.51. The highest BCUT2D eigenvalue weighted by atomic mass is 16.6. The van der Waals surface area contributed by atoms with Gasteiger partial charge in [-0.3, -0.25) is 9.69 Å². The normalized spacial score (nSPS) is 25.0. The van der Waals surface area contributed by atoms with Gasteiger partial charge in [-0.1, -0.05) is 13.8 Å². The van der Waals surface area contributed by atoms with E-state index in [1.165, 1.54) is 0 Å². The number of ether oxygens (including phenoxy) is 2. The highest BCUT2D eigenvalue weighted by Crippen LogP contribution is 2.39. The van der Waals surface area contributed by atoms with Crippen molar-refractivity contribution in [1.29, 1.82) is 0 Å². The first kappa shape index (κ1) is 19.7. The molecule has 0 aromatic carbocycles. The quantitative estimate of drug-likeness (QED) is 0.810. The Labute approximate surface area is 139 Å². The van der Waals surface area contributed by atoms with Crippen LogP contribution in [-0.4, -0.2) is 53.5 Å². The van der Waals surface area contributed by atoms with E-state index in [1.54, 1.807) is 12.0 Å². The predicted octanol–water partition coefficient (Wildman–Crippen LogP) is 3.15. The molecule has 6 heteroatoms. The second-order valence-corrected chi connectivity index (χ2v) is 7.92. The van der Waals surface area contributed by atoms with Gasteiger partial charge in [0.1, 0.15) is 5.60 Å². The van der Waals surface area contributed by atoms with Crippen LogP contribution in [0.4, 0.5) is 4.79 Å². The number of carbonyl (C=O) groups excluding carboxylic acids is 1. The van der Waals surface area contributed by atoms with Crippen molar-refractivity contribution in [3.63, 3.8) is 0 Å². The Morgan fingerprint density at radius 2 is 1.96 bits per heavy atom. The van der Waals surface area contributed by atoms with Gasteiger partial charge in [0.2, 0.25) is 0 Å². The smallest absolute Gasteiger partial charge is 0.410 e. The summed E-state index contributed by atoms with van der Waals surface area (Å²) in [5.41, 5.74) is -1.22. The number of amides is 1. The average molecular weight is 329 g/mol. The van der Waals surface area contributed by atoms with Crippen LogP contribution in [0.3, 0.4) is 0 Å². The van der Waals surface area contributed by atoms with Gasteiger partial charge in [0.15, 0.2) is 0 Å². The lowest BCUT2D eigenvalue weighted by Gasteiger charge is -2.39. The van der Waals surface area contributed by atoms with Crippen LogP contribution in [0, 0.1) is 11.8 Å². The number of methoxy groups -OCH3 is 1. The SMILES string of the molecule is COC[C@]1(CCC(C)C)CC(C(=O)O)CN1C(=O)OC(C)(C)C. The predicted molar refractivity (Wildman–Crippen MR) is 87.4 cm³/mol. The van der Waals surface area contributed by atoms with E-state index in [-0.39, 0.29) is 6.54 Å². The Morgan fingerprint density at radius 3 is 2.39 bits per heavy atom. The molecular weight excluding hydrogens is 298 g/mol. The lowest BCUT2D eigenvalue weighted by atomic mass is 9.86. The van der Waals surface area contributed by atoms with Crippen LogP contribution in [-0.2, 0) is 14.3 Å². The molecule has 0 saturated carbocycles. The molecule has 1 amide bonds. The van der Waals surface area contributed by atoms with Gasteiger partial charge in [-0.2, -0.15) is 0 Å². The fraction of sp³-hybridized carbons (Fsp3) is 0.882. The van der Waals surface area contributed by atoms with E-state index in [1.807, 2.05) is 20.8 Å². The van der Waals surface area contributed by atoms with Crippen LogP contribution >= 0.6 is 0 Å². The van der Waals surface area contributed by atoms with Gasteiger partial charge in [0.25, 0.3) is 0 Å². The maximum Gasteiger partial charge on any atom is 0.410 e. The third-order valence-electron chi connectivity index (χ3n) is 4.17. The minimum absolute atomic E-state index is 0.172. The molecule has 1 aliphatic heterocycles. The molecule has 0 radical (unpaired) electrons. The van der Waals surface area contributed by atoms with Crippen LogP contribution in [0.1, 0.15) is 53.9 Å². The molecule has 0 spiro atoms. The molecule has 1 fully saturated rings. The summed E-state index contributed by atoms with van der Waals surface area (Å²) in [6, 6.07) is 0. The molecule has 1 N–H and O–H groups in total. The van der Waals surface area contributed by atoms with E-state index in [2.05, 4.69) is 13.8 Å². The zero-order valence-corrected chi connectivity index (χ0v) is 15.2. The van der Waals surface area contributed by atoms with Crippen LogP contribution in [0.25, 0.3) is 0 Å². The number of carboxylic acid groups (broad SMARTS) is 1. The molecule has 0 bridgehead atoms. The fourth-order valence-corrected chi connectivity index (χ4v) is 3.07. The van der Waals surface area contributed by atoms with E-state index in [0.717, 1.165) is 6.42 Å². The van der Waals surface area contributed by atoms with E-state index >= 15 is 0 Å². The standard InChI is InChI=1S/C17H31NO5/c1-12(2)7-8-17(11-22-6)9-13(14(19)20)10-18(17)15(21)23-16(3,4)5/h12-13H,7-11H2,1-6H3,(H,19,20)/t13?,17-/m0/s1. The Kier molecular flexibility index (Phi) is 6.45. The number of nitrogens with zero attached hydrogens (tertiary/aromatic N) is 1. The zero-order chi connectivity index (χ0) is 17.8. The van der Waals surface area contributed by atoms with Gasteiger partial charge in [-0.05, 0) is 46.0 Å². The van der Waals surface area contributed by atoms with Gasteiger partial charge in [0, 0.05) is 13.7 Å². The maximum atomic E-state index is 12.6. The molecule has 0 aromatic heterocycles. The molecule has 1 saturated heterocycles. The summed E-state index contributed by atoms with van der Waals surface area (Å²) in [6.07, 6.45) is 1.56. The van der Waals surface area contributed by atoms with E-state index < -0.39 is 29.1 Å². The van der Waals surface area contributed by atoms with Gasteiger partial charge < -0.3 is 14.6 Å². The van der Waals surface area contributed by atoms with Gasteiger partial charge in [0.05, 0.1) is 18.1 Å². The van der Waals surface area contributed by atoms with E-state index in [4.69, 9.17) is 9.47 Å². The number of carbonyl (C=O) groups is 2. The Balaban J connectivity index is 3.07. The largest absolute Gasteiger partial charge is 0.481 e. The van der Waals surface area contributed by atoms with Crippen molar-refractivity contribution in [1.82, 2.24) is 4.90 Å². The third-order valence-corrected chi connectivity index (χ3v) is 4.17. The lowest BCUT2D eigenvalue weighted by molar-refractivity contribution is -0.141. The third kappa shape index (κ3) is 5.37. The molecule has 2 atom stereocenters. The monoisotopic (exact) mass is 329 g/mol. The van der Waals surface area contributed by atoms with Crippen molar-refractivity contribution in [3.8, 4) is 0 Å². The molecule has 6 nitrogen and oxygen atoms in total. The van der Waals surface area contributed by atoms with Crippen LogP contribution < -0.4 is 0 Å². The fourth-order valence-electron chi connectivity index (χ4n) is 3.07. The summed E-state index contributed by atoms with van der Waals surface area (Å²) in [4.78, 5) is 25.7. The minimum atomic E-state index is -0.874. The van der Waals surface area contributed by atoms with Crippen molar-refractivity contribution >= 4 is 12.1 Å². The summed E-state index contributed by atoms with van der Waals surface area (Å²) in [5.74, 6) is -0.987. The molecule has 0 aromatic rings. The molecule has 23 heavy (non-hydrogen) atoms. The number of likely N-dealkylation sites (tertiary alicyclic amines) is 1. The molecular formula is C17H31NO5. The number of carboxylic acids is 1. The van der Waals surface area contributed by atoms with Crippen molar-refractivity contribution < 1.29 is 24.2 Å². The van der Waals surface area contributed by atoms with Crippen molar-refractivity contribution in [3.05, 3.63) is 0 Å². The first-order valence-electron chi connectivity index (χ1n) is 8.23. The summed E-state index contributed by atoms with van der Waals surface area (Å²) in [6.45, 7) is 10.1.